The van der Waals surface area contributed by atoms with Crippen LogP contribution in [0.3, 0.4) is 0 Å². The smallest absolute Gasteiger partial charge is 0.330 e. The van der Waals surface area contributed by atoms with Gasteiger partial charge in [-0.3, -0.25) is 5.41 Å². The molecule has 0 saturated carbocycles. The molecule has 1 heterocycles. The first-order valence-corrected chi connectivity index (χ1v) is 9.53. The van der Waals surface area contributed by atoms with Gasteiger partial charge in [-0.25, -0.2) is 9.18 Å². The van der Waals surface area contributed by atoms with Crippen LogP contribution in [0.25, 0.3) is 0 Å². The van der Waals surface area contributed by atoms with Crippen LogP contribution < -0.4 is 20.5 Å². The molecular formula is C21H24FN3O5. The van der Waals surface area contributed by atoms with Crippen molar-refractivity contribution in [2.24, 2.45) is 5.73 Å². The zero-order valence-electron chi connectivity index (χ0n) is 16.5. The summed E-state index contributed by atoms with van der Waals surface area (Å²) in [5.41, 5.74) is 6.25. The van der Waals surface area contributed by atoms with Crippen LogP contribution in [-0.4, -0.2) is 42.8 Å². The van der Waals surface area contributed by atoms with Crippen molar-refractivity contribution in [3.05, 3.63) is 53.3 Å². The number of benzene rings is 2. The third kappa shape index (κ3) is 4.98. The number of ether oxygens (including phenoxy) is 3. The molecule has 2 aromatic carbocycles. The van der Waals surface area contributed by atoms with Crippen LogP contribution in [-0.2, 0) is 9.53 Å². The fourth-order valence-electron chi connectivity index (χ4n) is 3.11. The van der Waals surface area contributed by atoms with E-state index in [9.17, 15) is 9.90 Å². The molecule has 2 atom stereocenters. The van der Waals surface area contributed by atoms with Gasteiger partial charge in [0, 0.05) is 29.3 Å². The second-order valence-corrected chi connectivity index (χ2v) is 6.77. The molecule has 0 aromatic heterocycles. The lowest BCUT2D eigenvalue weighted by Gasteiger charge is -2.21. The van der Waals surface area contributed by atoms with E-state index < -0.39 is 17.8 Å². The van der Waals surface area contributed by atoms with Gasteiger partial charge in [-0.1, -0.05) is 0 Å². The number of hydrogen-bond acceptors (Lipinski definition) is 6. The second kappa shape index (κ2) is 9.45. The number of nitrogens with one attached hydrogen (secondary N) is 2. The van der Waals surface area contributed by atoms with Crippen molar-refractivity contribution in [2.45, 2.75) is 25.5 Å². The van der Waals surface area contributed by atoms with Crippen LogP contribution in [0, 0.1) is 11.2 Å². The summed E-state index contributed by atoms with van der Waals surface area (Å²) < 4.78 is 31.7. The number of halogens is 1. The summed E-state index contributed by atoms with van der Waals surface area (Å²) >= 11 is 0. The van der Waals surface area contributed by atoms with E-state index in [1.807, 2.05) is 0 Å². The molecule has 0 aliphatic carbocycles. The summed E-state index contributed by atoms with van der Waals surface area (Å²) in [4.78, 5) is 12.0. The molecule has 0 amide bonds. The van der Waals surface area contributed by atoms with Crippen molar-refractivity contribution in [2.75, 3.05) is 25.1 Å². The van der Waals surface area contributed by atoms with Crippen LogP contribution in [0.15, 0.2) is 36.4 Å². The number of rotatable bonds is 9. The molecule has 0 radical (unpaired) electrons. The van der Waals surface area contributed by atoms with Crippen LogP contribution in [0.4, 0.5) is 10.1 Å². The van der Waals surface area contributed by atoms with E-state index in [0.717, 1.165) is 0 Å². The first-order chi connectivity index (χ1) is 14.4. The topological polar surface area (TPSA) is 127 Å². The lowest BCUT2D eigenvalue weighted by molar-refractivity contribution is -0.138. The Hall–Kier alpha value is -3.33. The maximum absolute atomic E-state index is 15.3. The van der Waals surface area contributed by atoms with Gasteiger partial charge in [-0.15, -0.1) is 0 Å². The highest BCUT2D eigenvalue weighted by Crippen LogP contribution is 2.34. The predicted octanol–water partition coefficient (Wildman–Crippen LogP) is 2.91. The van der Waals surface area contributed by atoms with Gasteiger partial charge in [0.25, 0.3) is 0 Å². The lowest BCUT2D eigenvalue weighted by Crippen LogP contribution is -2.23. The molecule has 1 saturated heterocycles. The zero-order chi connectivity index (χ0) is 21.7. The maximum Gasteiger partial charge on any atom is 0.330 e. The Bertz CT molecular complexity index is 914. The van der Waals surface area contributed by atoms with Gasteiger partial charge in [0.2, 0.25) is 0 Å². The van der Waals surface area contributed by atoms with E-state index in [1.165, 1.54) is 12.1 Å². The van der Waals surface area contributed by atoms with Crippen molar-refractivity contribution in [3.8, 4) is 11.5 Å². The largest absolute Gasteiger partial charge is 0.494 e. The monoisotopic (exact) mass is 417 g/mol. The number of nitrogens with two attached hydrogens (primary N) is 1. The van der Waals surface area contributed by atoms with E-state index in [-0.39, 0.29) is 23.3 Å². The molecule has 1 aliphatic rings. The Morgan fingerprint density at radius 1 is 1.40 bits per heavy atom. The Kier molecular flexibility index (Phi) is 6.73. The molecule has 1 fully saturated rings. The van der Waals surface area contributed by atoms with Crippen LogP contribution in [0.5, 0.6) is 11.5 Å². The van der Waals surface area contributed by atoms with Gasteiger partial charge in [-0.05, 0) is 37.3 Å². The van der Waals surface area contributed by atoms with Crippen molar-refractivity contribution in [1.82, 2.24) is 0 Å². The molecule has 0 unspecified atom stereocenters. The zero-order valence-corrected chi connectivity index (χ0v) is 16.5. The van der Waals surface area contributed by atoms with Crippen molar-refractivity contribution < 1.29 is 28.5 Å². The number of aliphatic carboxylic acids is 1. The Balaban J connectivity index is 1.94. The van der Waals surface area contributed by atoms with Crippen LogP contribution in [0.1, 0.15) is 30.5 Å². The molecule has 5 N–H and O–H groups in total. The van der Waals surface area contributed by atoms with Gasteiger partial charge in [0.1, 0.15) is 17.7 Å². The minimum absolute atomic E-state index is 0.0774. The Labute approximate surface area is 173 Å². The number of carboxylic acids is 1. The van der Waals surface area contributed by atoms with Gasteiger partial charge < -0.3 is 30.4 Å². The molecular weight excluding hydrogens is 393 g/mol. The third-order valence-electron chi connectivity index (χ3n) is 4.60. The van der Waals surface area contributed by atoms with Crippen molar-refractivity contribution >= 4 is 17.5 Å². The fraction of sp³-hybridized carbons (Fsp3) is 0.333. The maximum atomic E-state index is 15.3. The predicted molar refractivity (Wildman–Crippen MR) is 109 cm³/mol. The molecule has 0 bridgehead atoms. The van der Waals surface area contributed by atoms with Crippen LogP contribution >= 0.6 is 0 Å². The minimum atomic E-state index is -1.39. The molecule has 3 rings (SSSR count). The molecule has 1 aliphatic heterocycles. The molecule has 160 valence electrons. The fourth-order valence-corrected chi connectivity index (χ4v) is 3.11. The van der Waals surface area contributed by atoms with Gasteiger partial charge in [0.15, 0.2) is 17.6 Å². The second-order valence-electron chi connectivity index (χ2n) is 6.77. The van der Waals surface area contributed by atoms with Crippen molar-refractivity contribution in [1.29, 1.82) is 5.41 Å². The number of carbonyl (C=O) groups is 1. The van der Waals surface area contributed by atoms with Crippen LogP contribution in [0.2, 0.25) is 0 Å². The molecule has 2 aromatic rings. The van der Waals surface area contributed by atoms with E-state index in [2.05, 4.69) is 5.32 Å². The summed E-state index contributed by atoms with van der Waals surface area (Å²) in [5, 5.41) is 20.0. The summed E-state index contributed by atoms with van der Waals surface area (Å²) in [5.74, 6) is -1.92. The standard InChI is InChI=1S/C21H24FN3O5/c1-2-29-15-9-16(18(22)17(10-15)30-14-7-8-28-11-14)19(21(26)27)25-13-5-3-12(4-6-13)20(23)24/h3-6,9-10,14,19,25H,2,7-8,11H2,1H3,(H3,23,24)(H,26,27)/t14-,19-/m0/s1. The third-order valence-corrected chi connectivity index (χ3v) is 4.60. The highest BCUT2D eigenvalue weighted by molar-refractivity contribution is 5.95. The van der Waals surface area contributed by atoms with E-state index in [0.29, 0.717) is 43.2 Å². The number of nitrogen functional groups attached to an aromatic ring is 1. The van der Waals surface area contributed by atoms with Gasteiger partial charge >= 0.3 is 5.97 Å². The SMILES string of the molecule is CCOc1cc(O[C@H]2CCOC2)c(F)c([C@H](Nc2ccc(C(=N)N)cc2)C(=O)O)c1. The average Bonchev–Trinajstić information content (AvgIpc) is 3.22. The molecule has 0 spiro atoms. The number of hydrogen-bond donors (Lipinski definition) is 4. The van der Waals surface area contributed by atoms with E-state index in [1.54, 1.807) is 31.2 Å². The van der Waals surface area contributed by atoms with E-state index >= 15 is 4.39 Å². The number of carboxylic acid groups (broad SMARTS) is 1. The summed E-state index contributed by atoms with van der Waals surface area (Å²) in [6.45, 7) is 2.98. The lowest BCUT2D eigenvalue weighted by atomic mass is 10.0. The number of anilines is 1. The summed E-state index contributed by atoms with van der Waals surface area (Å²) in [6.07, 6.45) is 0.316. The first-order valence-electron chi connectivity index (χ1n) is 9.53. The van der Waals surface area contributed by atoms with Gasteiger partial charge in [0.05, 0.1) is 19.8 Å². The highest BCUT2D eigenvalue weighted by atomic mass is 19.1. The highest BCUT2D eigenvalue weighted by Gasteiger charge is 2.28. The van der Waals surface area contributed by atoms with E-state index in [4.69, 9.17) is 25.4 Å². The summed E-state index contributed by atoms with van der Waals surface area (Å²) in [6, 6.07) is 7.68. The van der Waals surface area contributed by atoms with Crippen molar-refractivity contribution in [3.63, 3.8) is 0 Å². The first kappa shape index (κ1) is 21.4. The average molecular weight is 417 g/mol. The Morgan fingerprint density at radius 2 is 2.13 bits per heavy atom. The Morgan fingerprint density at radius 3 is 2.70 bits per heavy atom. The number of amidine groups is 1. The van der Waals surface area contributed by atoms with Gasteiger partial charge in [-0.2, -0.15) is 0 Å². The molecule has 30 heavy (non-hydrogen) atoms. The molecule has 9 heteroatoms. The normalized spacial score (nSPS) is 16.7. The molecule has 8 nitrogen and oxygen atoms in total. The quantitative estimate of drug-likeness (QED) is 0.365. The summed E-state index contributed by atoms with van der Waals surface area (Å²) in [7, 11) is 0. The minimum Gasteiger partial charge on any atom is -0.494 e.